The molecule has 0 N–H and O–H groups in total. The van der Waals surface area contributed by atoms with Crippen LogP contribution >= 0.6 is 0 Å². The van der Waals surface area contributed by atoms with E-state index in [4.69, 9.17) is 4.74 Å². The van der Waals surface area contributed by atoms with Gasteiger partial charge in [0.15, 0.2) is 5.82 Å². The number of hydrogen-bond acceptors (Lipinski definition) is 4. The maximum Gasteiger partial charge on any atom is 0.409 e. The van der Waals surface area contributed by atoms with Crippen molar-refractivity contribution in [1.82, 2.24) is 19.4 Å². The Labute approximate surface area is 184 Å². The topological polar surface area (TPSA) is 67.7 Å². The van der Waals surface area contributed by atoms with Crippen molar-refractivity contribution >= 4 is 12.0 Å². The third-order valence-corrected chi connectivity index (χ3v) is 6.51. The number of amides is 2. The molecular formula is C24H32N4O3. The van der Waals surface area contributed by atoms with Crippen LogP contribution in [0, 0.1) is 5.92 Å². The van der Waals surface area contributed by atoms with Crippen LogP contribution in [0.3, 0.4) is 0 Å². The summed E-state index contributed by atoms with van der Waals surface area (Å²) in [5, 5.41) is 0. The molecule has 0 radical (unpaired) electrons. The minimum Gasteiger partial charge on any atom is -0.453 e. The van der Waals surface area contributed by atoms with Crippen LogP contribution in [0.5, 0.6) is 0 Å². The van der Waals surface area contributed by atoms with Crippen molar-refractivity contribution in [3.63, 3.8) is 0 Å². The monoisotopic (exact) mass is 424 g/mol. The number of rotatable bonds is 5. The fourth-order valence-electron chi connectivity index (χ4n) is 4.54. The molecule has 2 aliphatic heterocycles. The molecule has 0 aliphatic carbocycles. The summed E-state index contributed by atoms with van der Waals surface area (Å²) >= 11 is 0. The first kappa shape index (κ1) is 21.4. The smallest absolute Gasteiger partial charge is 0.409 e. The SMILES string of the molecule is COC(=O)N1CCC(c2ccc(-c3cnc4n3CCN(CCC(C)C)C4=O)cc2)CC1. The van der Waals surface area contributed by atoms with Crippen LogP contribution in [0.25, 0.3) is 11.3 Å². The van der Waals surface area contributed by atoms with Crippen molar-refractivity contribution in [1.29, 1.82) is 0 Å². The zero-order valence-electron chi connectivity index (χ0n) is 18.7. The maximum absolute atomic E-state index is 12.8. The fourth-order valence-corrected chi connectivity index (χ4v) is 4.54. The molecule has 4 rings (SSSR count). The molecule has 0 unspecified atom stereocenters. The number of likely N-dealkylation sites (tertiary alicyclic amines) is 1. The Balaban J connectivity index is 1.44. The van der Waals surface area contributed by atoms with Gasteiger partial charge in [0.05, 0.1) is 19.0 Å². The van der Waals surface area contributed by atoms with Crippen molar-refractivity contribution in [2.45, 2.75) is 45.6 Å². The lowest BCUT2D eigenvalue weighted by Gasteiger charge is -2.31. The van der Waals surface area contributed by atoms with Crippen LogP contribution in [-0.4, -0.2) is 64.6 Å². The molecule has 1 aromatic heterocycles. The molecule has 31 heavy (non-hydrogen) atoms. The number of aromatic nitrogens is 2. The molecule has 2 aromatic rings. The molecular weight excluding hydrogens is 392 g/mol. The highest BCUT2D eigenvalue weighted by Gasteiger charge is 2.28. The van der Waals surface area contributed by atoms with Crippen molar-refractivity contribution in [3.05, 3.63) is 41.9 Å². The number of benzene rings is 1. The number of nitrogens with zero attached hydrogens (tertiary/aromatic N) is 4. The molecule has 166 valence electrons. The second-order valence-electron chi connectivity index (χ2n) is 8.95. The average Bonchev–Trinajstić information content (AvgIpc) is 3.23. The van der Waals surface area contributed by atoms with Gasteiger partial charge in [-0.1, -0.05) is 38.1 Å². The zero-order valence-corrected chi connectivity index (χ0v) is 18.7. The molecule has 7 heteroatoms. The third kappa shape index (κ3) is 4.45. The van der Waals surface area contributed by atoms with E-state index >= 15 is 0 Å². The predicted molar refractivity (Wildman–Crippen MR) is 119 cm³/mol. The van der Waals surface area contributed by atoms with E-state index < -0.39 is 0 Å². The van der Waals surface area contributed by atoms with Gasteiger partial charge in [0.2, 0.25) is 0 Å². The van der Waals surface area contributed by atoms with E-state index in [1.54, 1.807) is 4.90 Å². The zero-order chi connectivity index (χ0) is 22.0. The predicted octanol–water partition coefficient (Wildman–Crippen LogP) is 4.00. The summed E-state index contributed by atoms with van der Waals surface area (Å²) in [5.41, 5.74) is 3.37. The van der Waals surface area contributed by atoms with E-state index in [2.05, 4.69) is 47.7 Å². The first-order chi connectivity index (χ1) is 15.0. The van der Waals surface area contributed by atoms with Gasteiger partial charge < -0.3 is 19.1 Å². The van der Waals surface area contributed by atoms with Crippen LogP contribution in [0.4, 0.5) is 4.79 Å². The molecule has 0 spiro atoms. The van der Waals surface area contributed by atoms with Gasteiger partial charge in [-0.3, -0.25) is 4.79 Å². The Morgan fingerprint density at radius 3 is 2.48 bits per heavy atom. The van der Waals surface area contributed by atoms with Crippen molar-refractivity contribution in [2.75, 3.05) is 33.3 Å². The lowest BCUT2D eigenvalue weighted by molar-refractivity contribution is 0.0689. The summed E-state index contributed by atoms with van der Waals surface area (Å²) in [6.45, 7) is 8.12. The van der Waals surface area contributed by atoms with Crippen molar-refractivity contribution in [3.8, 4) is 11.3 Å². The molecule has 1 saturated heterocycles. The Hall–Kier alpha value is -2.83. The third-order valence-electron chi connectivity index (χ3n) is 6.51. The van der Waals surface area contributed by atoms with Crippen LogP contribution in [0.15, 0.2) is 30.5 Å². The van der Waals surface area contributed by atoms with Gasteiger partial charge in [-0.25, -0.2) is 9.78 Å². The first-order valence-corrected chi connectivity index (χ1v) is 11.3. The highest BCUT2D eigenvalue weighted by atomic mass is 16.5. The quantitative estimate of drug-likeness (QED) is 0.728. The minimum atomic E-state index is -0.239. The molecule has 7 nitrogen and oxygen atoms in total. The summed E-state index contributed by atoms with van der Waals surface area (Å²) in [6, 6.07) is 8.60. The van der Waals surface area contributed by atoms with Gasteiger partial charge in [-0.15, -0.1) is 0 Å². The Morgan fingerprint density at radius 2 is 1.84 bits per heavy atom. The molecule has 1 aromatic carbocycles. The van der Waals surface area contributed by atoms with Gasteiger partial charge in [0, 0.05) is 32.7 Å². The number of imidazole rings is 1. The second kappa shape index (κ2) is 9.12. The molecule has 0 atom stereocenters. The van der Waals surface area contributed by atoms with Crippen LogP contribution in [-0.2, 0) is 11.3 Å². The summed E-state index contributed by atoms with van der Waals surface area (Å²) in [5.74, 6) is 1.61. The second-order valence-corrected chi connectivity index (χ2v) is 8.95. The van der Waals surface area contributed by atoms with Gasteiger partial charge in [0.25, 0.3) is 5.91 Å². The highest BCUT2D eigenvalue weighted by molar-refractivity contribution is 5.92. The lowest BCUT2D eigenvalue weighted by Crippen LogP contribution is -2.41. The lowest BCUT2D eigenvalue weighted by atomic mass is 9.89. The largest absolute Gasteiger partial charge is 0.453 e. The molecule has 0 bridgehead atoms. The van der Waals surface area contributed by atoms with Crippen molar-refractivity contribution in [2.24, 2.45) is 5.92 Å². The summed E-state index contributed by atoms with van der Waals surface area (Å²) in [4.78, 5) is 32.7. The Kier molecular flexibility index (Phi) is 6.30. The van der Waals surface area contributed by atoms with E-state index in [9.17, 15) is 9.59 Å². The Bertz CT molecular complexity index is 927. The minimum absolute atomic E-state index is 0.0344. The molecule has 1 fully saturated rings. The maximum atomic E-state index is 12.8. The number of piperidine rings is 1. The first-order valence-electron chi connectivity index (χ1n) is 11.3. The molecule has 3 heterocycles. The normalized spacial score (nSPS) is 17.2. The summed E-state index contributed by atoms with van der Waals surface area (Å²) < 4.78 is 6.88. The molecule has 2 aliphatic rings. The summed E-state index contributed by atoms with van der Waals surface area (Å²) in [6.07, 6.45) is 4.48. The number of methoxy groups -OCH3 is 1. The van der Waals surface area contributed by atoms with E-state index in [1.165, 1.54) is 12.7 Å². The number of carbonyl (C=O) groups excluding carboxylic acids is 2. The van der Waals surface area contributed by atoms with Crippen LogP contribution < -0.4 is 0 Å². The van der Waals surface area contributed by atoms with E-state index in [0.29, 0.717) is 17.7 Å². The van der Waals surface area contributed by atoms with E-state index in [-0.39, 0.29) is 12.0 Å². The van der Waals surface area contributed by atoms with Gasteiger partial charge in [-0.05, 0) is 42.2 Å². The Morgan fingerprint density at radius 1 is 1.13 bits per heavy atom. The number of fused-ring (bicyclic) bond motifs is 1. The van der Waals surface area contributed by atoms with E-state index in [1.807, 2.05) is 11.1 Å². The standard InChI is InChI=1S/C24H32N4O3/c1-17(2)8-11-26-14-15-28-21(16-25-22(28)23(26)29)20-6-4-18(5-7-20)19-9-12-27(13-10-19)24(30)31-3/h4-7,16-17,19H,8-15H2,1-3H3. The van der Waals surface area contributed by atoms with E-state index in [0.717, 1.165) is 63.2 Å². The van der Waals surface area contributed by atoms with Gasteiger partial charge in [-0.2, -0.15) is 0 Å². The van der Waals surface area contributed by atoms with Crippen molar-refractivity contribution < 1.29 is 14.3 Å². The fraction of sp³-hybridized carbons (Fsp3) is 0.542. The summed E-state index contributed by atoms with van der Waals surface area (Å²) in [7, 11) is 1.43. The van der Waals surface area contributed by atoms with Crippen LogP contribution in [0.1, 0.15) is 55.2 Å². The van der Waals surface area contributed by atoms with Crippen LogP contribution in [0.2, 0.25) is 0 Å². The number of hydrogen-bond donors (Lipinski definition) is 0. The number of carbonyl (C=O) groups is 2. The highest BCUT2D eigenvalue weighted by Crippen LogP contribution is 2.31. The molecule has 0 saturated carbocycles. The average molecular weight is 425 g/mol. The van der Waals surface area contributed by atoms with Gasteiger partial charge in [0.1, 0.15) is 0 Å². The molecule has 2 amide bonds. The number of ether oxygens (including phenoxy) is 1. The van der Waals surface area contributed by atoms with Gasteiger partial charge >= 0.3 is 6.09 Å².